The first-order valence-electron chi connectivity index (χ1n) is 10.9. The normalized spacial score (nSPS) is 26.1. The van der Waals surface area contributed by atoms with Gasteiger partial charge in [-0.2, -0.15) is 0 Å². The van der Waals surface area contributed by atoms with Crippen LogP contribution in [-0.4, -0.2) is 23.1 Å². The van der Waals surface area contributed by atoms with Gasteiger partial charge in [-0.3, -0.25) is 4.79 Å². The van der Waals surface area contributed by atoms with Crippen molar-refractivity contribution in [3.05, 3.63) is 83.4 Å². The van der Waals surface area contributed by atoms with Crippen molar-refractivity contribution < 1.29 is 9.90 Å². The molecule has 154 valence electrons. The summed E-state index contributed by atoms with van der Waals surface area (Å²) < 4.78 is 0. The Labute approximate surface area is 177 Å². The topological polar surface area (TPSA) is 61.4 Å². The maximum Gasteiger partial charge on any atom is 0.223 e. The van der Waals surface area contributed by atoms with Crippen LogP contribution in [0.25, 0.3) is 10.8 Å². The van der Waals surface area contributed by atoms with Gasteiger partial charge in [-0.1, -0.05) is 66.7 Å². The van der Waals surface area contributed by atoms with E-state index in [2.05, 4.69) is 60.0 Å². The minimum absolute atomic E-state index is 0.0260. The molecule has 0 aliphatic heterocycles. The molecule has 1 saturated carbocycles. The van der Waals surface area contributed by atoms with E-state index in [1.165, 1.54) is 16.3 Å². The van der Waals surface area contributed by atoms with Crippen LogP contribution in [0.3, 0.4) is 0 Å². The molecule has 1 amide bonds. The number of aliphatic hydroxyl groups is 1. The van der Waals surface area contributed by atoms with Crippen LogP contribution in [0.15, 0.2) is 66.7 Å². The number of hydrogen-bond donors (Lipinski definition) is 3. The molecule has 3 N–H and O–H groups in total. The van der Waals surface area contributed by atoms with Crippen molar-refractivity contribution in [1.29, 1.82) is 0 Å². The summed E-state index contributed by atoms with van der Waals surface area (Å²) in [7, 11) is 0. The first-order valence-corrected chi connectivity index (χ1v) is 10.9. The lowest BCUT2D eigenvalue weighted by Gasteiger charge is -2.37. The molecule has 4 nitrogen and oxygen atoms in total. The zero-order chi connectivity index (χ0) is 20.7. The maximum atomic E-state index is 12.7. The number of hydrogen-bond acceptors (Lipinski definition) is 3. The first kappa shape index (κ1) is 19.3. The van der Waals surface area contributed by atoms with Gasteiger partial charge < -0.3 is 15.7 Å². The van der Waals surface area contributed by atoms with Crippen molar-refractivity contribution in [2.45, 2.75) is 50.4 Å². The van der Waals surface area contributed by atoms with Crippen LogP contribution in [0.2, 0.25) is 0 Å². The molecule has 0 radical (unpaired) electrons. The molecule has 0 aromatic heterocycles. The highest BCUT2D eigenvalue weighted by Crippen LogP contribution is 2.34. The summed E-state index contributed by atoms with van der Waals surface area (Å²) in [4.78, 5) is 12.7. The SMILES string of the molecule is C[C@@H](NC1CC(C(=O)NC2Cc3ccccc3[C@H]2O)C1)c1cccc2ccccc12. The Balaban J connectivity index is 1.15. The van der Waals surface area contributed by atoms with E-state index in [0.29, 0.717) is 12.5 Å². The minimum Gasteiger partial charge on any atom is -0.386 e. The zero-order valence-electron chi connectivity index (χ0n) is 17.2. The van der Waals surface area contributed by atoms with Gasteiger partial charge in [0, 0.05) is 18.0 Å². The molecule has 3 aromatic carbocycles. The molecule has 1 unspecified atom stereocenters. The molecule has 30 heavy (non-hydrogen) atoms. The number of nitrogens with one attached hydrogen (secondary N) is 2. The number of amides is 1. The van der Waals surface area contributed by atoms with Crippen molar-refractivity contribution in [1.82, 2.24) is 10.6 Å². The Hall–Kier alpha value is -2.69. The van der Waals surface area contributed by atoms with E-state index in [-0.39, 0.29) is 23.9 Å². The van der Waals surface area contributed by atoms with E-state index >= 15 is 0 Å². The largest absolute Gasteiger partial charge is 0.386 e. The number of benzene rings is 3. The van der Waals surface area contributed by atoms with Crippen molar-refractivity contribution in [3.63, 3.8) is 0 Å². The lowest BCUT2D eigenvalue weighted by molar-refractivity contribution is -0.129. The predicted molar refractivity (Wildman–Crippen MR) is 119 cm³/mol. The Morgan fingerprint density at radius 1 is 1.00 bits per heavy atom. The van der Waals surface area contributed by atoms with E-state index in [9.17, 15) is 9.90 Å². The van der Waals surface area contributed by atoms with Gasteiger partial charge in [0.2, 0.25) is 5.91 Å². The second kappa shape index (κ2) is 7.86. The second-order valence-electron chi connectivity index (χ2n) is 8.78. The molecule has 2 aliphatic rings. The van der Waals surface area contributed by atoms with Crippen LogP contribution in [0, 0.1) is 5.92 Å². The van der Waals surface area contributed by atoms with Crippen molar-refractivity contribution >= 4 is 16.7 Å². The summed E-state index contributed by atoms with van der Waals surface area (Å²) in [6, 6.07) is 23.2. The van der Waals surface area contributed by atoms with E-state index in [1.807, 2.05) is 24.3 Å². The quantitative estimate of drug-likeness (QED) is 0.606. The Morgan fingerprint density at radius 3 is 2.57 bits per heavy atom. The summed E-state index contributed by atoms with van der Waals surface area (Å²) in [6.07, 6.45) is 1.79. The Morgan fingerprint density at radius 2 is 1.73 bits per heavy atom. The van der Waals surface area contributed by atoms with Gasteiger partial charge >= 0.3 is 0 Å². The van der Waals surface area contributed by atoms with Crippen LogP contribution >= 0.6 is 0 Å². The fourth-order valence-corrected chi connectivity index (χ4v) is 5.04. The van der Waals surface area contributed by atoms with Gasteiger partial charge in [0.05, 0.1) is 12.1 Å². The van der Waals surface area contributed by atoms with Crippen LogP contribution in [0.5, 0.6) is 0 Å². The van der Waals surface area contributed by atoms with Crippen molar-refractivity contribution in [3.8, 4) is 0 Å². The Bertz CT molecular complexity index is 1070. The number of rotatable bonds is 5. The molecule has 0 spiro atoms. The molecule has 3 aromatic rings. The number of aliphatic hydroxyl groups excluding tert-OH is 1. The summed E-state index contributed by atoms with van der Waals surface area (Å²) in [5.74, 6) is 0.0980. The van der Waals surface area contributed by atoms with Crippen LogP contribution in [0.1, 0.15) is 48.6 Å². The van der Waals surface area contributed by atoms with E-state index in [0.717, 1.165) is 24.0 Å². The summed E-state index contributed by atoms with van der Waals surface area (Å²) in [6.45, 7) is 2.20. The fourth-order valence-electron chi connectivity index (χ4n) is 5.04. The monoisotopic (exact) mass is 400 g/mol. The van der Waals surface area contributed by atoms with Gasteiger partial charge in [-0.25, -0.2) is 0 Å². The molecule has 5 rings (SSSR count). The molecular formula is C26H28N2O2. The molecule has 3 atom stereocenters. The van der Waals surface area contributed by atoms with Gasteiger partial charge in [0.1, 0.15) is 0 Å². The highest BCUT2D eigenvalue weighted by molar-refractivity contribution is 5.86. The van der Waals surface area contributed by atoms with Gasteiger partial charge in [-0.15, -0.1) is 0 Å². The van der Waals surface area contributed by atoms with E-state index in [1.54, 1.807) is 0 Å². The maximum absolute atomic E-state index is 12.7. The van der Waals surface area contributed by atoms with Crippen LogP contribution < -0.4 is 10.6 Å². The molecule has 0 bridgehead atoms. The summed E-state index contributed by atoms with van der Waals surface area (Å²) >= 11 is 0. The smallest absolute Gasteiger partial charge is 0.223 e. The van der Waals surface area contributed by atoms with Crippen molar-refractivity contribution in [2.75, 3.05) is 0 Å². The number of carbonyl (C=O) groups excluding carboxylic acids is 1. The highest BCUT2D eigenvalue weighted by Gasteiger charge is 2.38. The lowest BCUT2D eigenvalue weighted by Crippen LogP contribution is -2.50. The average molecular weight is 401 g/mol. The molecule has 0 heterocycles. The average Bonchev–Trinajstić information content (AvgIpc) is 3.05. The fraction of sp³-hybridized carbons (Fsp3) is 0.346. The third kappa shape index (κ3) is 3.51. The predicted octanol–water partition coefficient (Wildman–Crippen LogP) is 4.04. The van der Waals surface area contributed by atoms with Crippen LogP contribution in [0.4, 0.5) is 0 Å². The van der Waals surface area contributed by atoms with E-state index in [4.69, 9.17) is 0 Å². The number of fused-ring (bicyclic) bond motifs is 2. The van der Waals surface area contributed by atoms with Gasteiger partial charge in [0.15, 0.2) is 0 Å². The van der Waals surface area contributed by atoms with Crippen molar-refractivity contribution in [2.24, 2.45) is 5.92 Å². The Kier molecular flexibility index (Phi) is 5.05. The molecule has 0 saturated heterocycles. The third-order valence-electron chi connectivity index (χ3n) is 6.81. The first-order chi connectivity index (χ1) is 14.6. The lowest BCUT2D eigenvalue weighted by atomic mass is 9.78. The molecule has 4 heteroatoms. The van der Waals surface area contributed by atoms with Crippen LogP contribution in [-0.2, 0) is 11.2 Å². The molecule has 2 aliphatic carbocycles. The van der Waals surface area contributed by atoms with E-state index < -0.39 is 6.10 Å². The second-order valence-corrected chi connectivity index (χ2v) is 8.78. The zero-order valence-corrected chi connectivity index (χ0v) is 17.2. The summed E-state index contributed by atoms with van der Waals surface area (Å²) in [5.41, 5.74) is 3.38. The van der Waals surface area contributed by atoms with Gasteiger partial charge in [-0.05, 0) is 53.6 Å². The number of carbonyl (C=O) groups is 1. The third-order valence-corrected chi connectivity index (χ3v) is 6.81. The highest BCUT2D eigenvalue weighted by atomic mass is 16.3. The standard InChI is InChI=1S/C26H28N2O2/c1-16(21-12-6-9-17-7-2-4-10-22(17)21)27-20-13-19(14-20)26(30)28-24-15-18-8-3-5-11-23(18)25(24)29/h2-12,16,19-20,24-25,27,29H,13-15H2,1H3,(H,28,30)/t16-,19?,20?,24?,25-/m1/s1. The molecule has 1 fully saturated rings. The summed E-state index contributed by atoms with van der Waals surface area (Å²) in [5, 5.41) is 19.8. The molecular weight excluding hydrogens is 372 g/mol. The van der Waals surface area contributed by atoms with Gasteiger partial charge in [0.25, 0.3) is 0 Å². The minimum atomic E-state index is -0.606.